The topological polar surface area (TPSA) is 58.4 Å². The van der Waals surface area contributed by atoms with Crippen molar-refractivity contribution in [1.82, 2.24) is 10.2 Å². The van der Waals surface area contributed by atoms with E-state index in [9.17, 15) is 4.79 Å². The molecule has 0 aromatic rings. The van der Waals surface area contributed by atoms with E-state index in [4.69, 9.17) is 5.73 Å². The van der Waals surface area contributed by atoms with E-state index in [0.29, 0.717) is 0 Å². The van der Waals surface area contributed by atoms with Gasteiger partial charge in [-0.2, -0.15) is 0 Å². The van der Waals surface area contributed by atoms with E-state index >= 15 is 0 Å². The molecule has 0 aromatic heterocycles. The molecular formula is C15H29N3O. The number of nitrogens with one attached hydrogen (secondary N) is 1. The number of unbranched alkanes of at least 4 members (excludes halogenated alkanes) is 1. The van der Waals surface area contributed by atoms with Crippen molar-refractivity contribution in [3.8, 4) is 0 Å². The summed E-state index contributed by atoms with van der Waals surface area (Å²) in [5.74, 6) is 0.737. The van der Waals surface area contributed by atoms with Gasteiger partial charge in [0.15, 0.2) is 0 Å². The zero-order valence-electron chi connectivity index (χ0n) is 12.5. The minimum absolute atomic E-state index is 0.243. The molecular weight excluding hydrogens is 238 g/mol. The molecule has 2 rings (SSSR count). The molecule has 0 saturated heterocycles. The molecule has 0 bridgehead atoms. The van der Waals surface area contributed by atoms with Crippen LogP contribution < -0.4 is 11.1 Å². The van der Waals surface area contributed by atoms with Crippen LogP contribution in [-0.2, 0) is 4.79 Å². The highest BCUT2D eigenvalue weighted by atomic mass is 16.1. The van der Waals surface area contributed by atoms with Crippen molar-refractivity contribution in [1.29, 1.82) is 0 Å². The average Bonchev–Trinajstić information content (AvgIpc) is 3.25. The van der Waals surface area contributed by atoms with E-state index in [2.05, 4.69) is 10.2 Å². The molecule has 2 fully saturated rings. The number of hydrogen-bond donors (Lipinski definition) is 2. The summed E-state index contributed by atoms with van der Waals surface area (Å²) >= 11 is 0. The fourth-order valence-electron chi connectivity index (χ4n) is 2.66. The molecule has 3 N–H and O–H groups in total. The first-order valence-corrected chi connectivity index (χ1v) is 7.78. The number of likely N-dealkylation sites (N-methyl/N-ethyl adjacent to an activating group) is 1. The van der Waals surface area contributed by atoms with Crippen LogP contribution in [0.3, 0.4) is 0 Å². The Bertz CT molecular complexity index is 313. The Morgan fingerprint density at radius 1 is 1.32 bits per heavy atom. The maximum absolute atomic E-state index is 11.4. The Balaban J connectivity index is 1.65. The number of carbonyl (C=O) groups excluding carboxylic acids is 1. The second-order valence-corrected chi connectivity index (χ2v) is 6.57. The summed E-state index contributed by atoms with van der Waals surface area (Å²) < 4.78 is 0. The largest absolute Gasteiger partial charge is 0.368 e. The normalized spacial score (nSPS) is 22.5. The van der Waals surface area contributed by atoms with E-state index in [-0.39, 0.29) is 5.91 Å². The van der Waals surface area contributed by atoms with Crippen LogP contribution in [0, 0.1) is 5.92 Å². The van der Waals surface area contributed by atoms with E-state index in [1.54, 1.807) is 0 Å². The first-order chi connectivity index (χ1) is 9.05. The van der Waals surface area contributed by atoms with Crippen molar-refractivity contribution in [2.24, 2.45) is 11.7 Å². The molecule has 0 heterocycles. The molecule has 0 aliphatic heterocycles. The monoisotopic (exact) mass is 267 g/mol. The lowest BCUT2D eigenvalue weighted by Gasteiger charge is -2.26. The number of amides is 1. The maximum atomic E-state index is 11.4. The molecule has 0 aromatic carbocycles. The lowest BCUT2D eigenvalue weighted by molar-refractivity contribution is -0.123. The van der Waals surface area contributed by atoms with E-state index in [1.807, 2.05) is 14.0 Å². The third-order valence-electron chi connectivity index (χ3n) is 4.72. The van der Waals surface area contributed by atoms with Gasteiger partial charge in [0.2, 0.25) is 5.91 Å². The number of nitrogens with zero attached hydrogens (tertiary/aromatic N) is 1. The van der Waals surface area contributed by atoms with Gasteiger partial charge in [-0.3, -0.25) is 4.79 Å². The van der Waals surface area contributed by atoms with Crippen molar-refractivity contribution in [2.45, 2.75) is 63.5 Å². The SMILES string of the molecule is CNC(C)(CCCCN(CC1CC1)C1CC1)C(N)=O. The number of hydrogen-bond acceptors (Lipinski definition) is 3. The quantitative estimate of drug-likeness (QED) is 0.590. The van der Waals surface area contributed by atoms with Gasteiger partial charge in [-0.15, -0.1) is 0 Å². The highest BCUT2D eigenvalue weighted by Crippen LogP contribution is 2.34. The van der Waals surface area contributed by atoms with E-state index < -0.39 is 5.54 Å². The fraction of sp³-hybridized carbons (Fsp3) is 0.933. The van der Waals surface area contributed by atoms with Gasteiger partial charge >= 0.3 is 0 Å². The second-order valence-electron chi connectivity index (χ2n) is 6.57. The molecule has 1 atom stereocenters. The lowest BCUT2D eigenvalue weighted by Crippen LogP contribution is -2.51. The maximum Gasteiger partial charge on any atom is 0.237 e. The van der Waals surface area contributed by atoms with Crippen molar-refractivity contribution in [3.05, 3.63) is 0 Å². The molecule has 0 radical (unpaired) electrons. The van der Waals surface area contributed by atoms with Crippen LogP contribution in [-0.4, -0.2) is 42.5 Å². The van der Waals surface area contributed by atoms with Gasteiger partial charge in [-0.05, 0) is 71.4 Å². The van der Waals surface area contributed by atoms with Crippen molar-refractivity contribution < 1.29 is 4.79 Å². The molecule has 2 aliphatic rings. The smallest absolute Gasteiger partial charge is 0.237 e. The Hall–Kier alpha value is -0.610. The molecule has 4 nitrogen and oxygen atoms in total. The van der Waals surface area contributed by atoms with E-state index in [0.717, 1.165) is 24.8 Å². The predicted octanol–water partition coefficient (Wildman–Crippen LogP) is 1.49. The van der Waals surface area contributed by atoms with Crippen LogP contribution in [0.1, 0.15) is 51.9 Å². The average molecular weight is 267 g/mol. The Morgan fingerprint density at radius 3 is 2.47 bits per heavy atom. The van der Waals surface area contributed by atoms with Gasteiger partial charge in [-0.1, -0.05) is 0 Å². The van der Waals surface area contributed by atoms with Gasteiger partial charge < -0.3 is 16.0 Å². The Kier molecular flexibility index (Phi) is 4.85. The first kappa shape index (κ1) is 14.8. The molecule has 19 heavy (non-hydrogen) atoms. The molecule has 4 heteroatoms. The number of rotatable bonds is 10. The summed E-state index contributed by atoms with van der Waals surface area (Å²) in [6.07, 6.45) is 8.72. The molecule has 2 aliphatic carbocycles. The van der Waals surface area contributed by atoms with E-state index in [1.165, 1.54) is 45.2 Å². The molecule has 2 saturated carbocycles. The van der Waals surface area contributed by atoms with Crippen LogP contribution in [0.2, 0.25) is 0 Å². The lowest BCUT2D eigenvalue weighted by atomic mass is 9.94. The molecule has 1 amide bonds. The summed E-state index contributed by atoms with van der Waals surface area (Å²) in [6.45, 7) is 4.40. The summed E-state index contributed by atoms with van der Waals surface area (Å²) in [5.41, 5.74) is 4.90. The summed E-state index contributed by atoms with van der Waals surface area (Å²) in [5, 5.41) is 3.06. The minimum Gasteiger partial charge on any atom is -0.368 e. The highest BCUT2D eigenvalue weighted by Gasteiger charge is 2.33. The summed E-state index contributed by atoms with van der Waals surface area (Å²) in [4.78, 5) is 14.1. The molecule has 0 spiro atoms. The first-order valence-electron chi connectivity index (χ1n) is 7.78. The van der Waals surface area contributed by atoms with Crippen molar-refractivity contribution >= 4 is 5.91 Å². The third kappa shape index (κ3) is 4.46. The highest BCUT2D eigenvalue weighted by molar-refractivity contribution is 5.84. The number of primary amides is 1. The van der Waals surface area contributed by atoms with Gasteiger partial charge in [0.05, 0.1) is 5.54 Å². The van der Waals surface area contributed by atoms with Gasteiger partial charge in [-0.25, -0.2) is 0 Å². The Labute approximate surface area is 117 Å². The predicted molar refractivity (Wildman–Crippen MR) is 77.8 cm³/mol. The zero-order valence-corrected chi connectivity index (χ0v) is 12.5. The van der Waals surface area contributed by atoms with Crippen LogP contribution in [0.5, 0.6) is 0 Å². The van der Waals surface area contributed by atoms with Crippen LogP contribution in [0.15, 0.2) is 0 Å². The zero-order chi connectivity index (χ0) is 13.9. The number of carbonyl (C=O) groups is 1. The van der Waals surface area contributed by atoms with Crippen LogP contribution in [0.25, 0.3) is 0 Å². The van der Waals surface area contributed by atoms with Crippen molar-refractivity contribution in [2.75, 3.05) is 20.1 Å². The second kappa shape index (κ2) is 6.23. The van der Waals surface area contributed by atoms with Crippen LogP contribution >= 0.6 is 0 Å². The van der Waals surface area contributed by atoms with Crippen LogP contribution in [0.4, 0.5) is 0 Å². The Morgan fingerprint density at radius 2 is 2.00 bits per heavy atom. The number of nitrogens with two attached hydrogens (primary N) is 1. The summed E-state index contributed by atoms with van der Waals surface area (Å²) in [7, 11) is 1.81. The van der Waals surface area contributed by atoms with Crippen molar-refractivity contribution in [3.63, 3.8) is 0 Å². The molecule has 1 unspecified atom stereocenters. The minimum atomic E-state index is -0.541. The summed E-state index contributed by atoms with van der Waals surface area (Å²) in [6, 6.07) is 0.868. The van der Waals surface area contributed by atoms with Gasteiger partial charge in [0.25, 0.3) is 0 Å². The molecule has 110 valence electrons. The standard InChI is InChI=1S/C15H29N3O/c1-15(17-2,14(16)19)9-3-4-10-18(13-7-8-13)11-12-5-6-12/h12-13,17H,3-11H2,1-2H3,(H2,16,19). The van der Waals surface area contributed by atoms with Gasteiger partial charge in [0.1, 0.15) is 0 Å². The van der Waals surface area contributed by atoms with Gasteiger partial charge in [0, 0.05) is 12.6 Å². The fourth-order valence-corrected chi connectivity index (χ4v) is 2.66. The third-order valence-corrected chi connectivity index (χ3v) is 4.72.